The number of morpholine rings is 1. The summed E-state index contributed by atoms with van der Waals surface area (Å²) in [5.74, 6) is 0.488. The molecular formula is C20H26FIN4O. The number of anilines is 1. The van der Waals surface area contributed by atoms with Crippen molar-refractivity contribution in [2.75, 3.05) is 38.3 Å². The van der Waals surface area contributed by atoms with Crippen LogP contribution in [0.5, 0.6) is 0 Å². The highest BCUT2D eigenvalue weighted by molar-refractivity contribution is 14.0. The van der Waals surface area contributed by atoms with Crippen molar-refractivity contribution >= 4 is 35.6 Å². The third-order valence-electron chi connectivity index (χ3n) is 4.39. The number of nitrogens with zero attached hydrogens (tertiary/aromatic N) is 2. The Hall–Kier alpha value is -1.87. The Kier molecular flexibility index (Phi) is 8.80. The molecule has 3 rings (SSSR count). The molecule has 0 amide bonds. The van der Waals surface area contributed by atoms with Gasteiger partial charge in [-0.05, 0) is 29.3 Å². The summed E-state index contributed by atoms with van der Waals surface area (Å²) < 4.78 is 18.4. The second-order valence-electron chi connectivity index (χ2n) is 6.13. The lowest BCUT2D eigenvalue weighted by Gasteiger charge is -2.30. The average Bonchev–Trinajstić information content (AvgIpc) is 2.70. The van der Waals surface area contributed by atoms with Crippen molar-refractivity contribution in [3.8, 4) is 0 Å². The van der Waals surface area contributed by atoms with Crippen LogP contribution in [0.25, 0.3) is 0 Å². The molecule has 1 aliphatic heterocycles. The number of benzene rings is 2. The summed E-state index contributed by atoms with van der Waals surface area (Å²) in [6, 6.07) is 14.9. The first-order valence-electron chi connectivity index (χ1n) is 8.86. The first-order valence-corrected chi connectivity index (χ1v) is 8.86. The van der Waals surface area contributed by atoms with Gasteiger partial charge in [0, 0.05) is 38.9 Å². The molecule has 2 N–H and O–H groups in total. The van der Waals surface area contributed by atoms with Crippen molar-refractivity contribution in [3.05, 3.63) is 65.5 Å². The maximum Gasteiger partial charge on any atom is 0.191 e. The number of hydrogen-bond donors (Lipinski definition) is 2. The van der Waals surface area contributed by atoms with Crippen LogP contribution in [0.15, 0.2) is 53.5 Å². The number of guanidine groups is 1. The Morgan fingerprint density at radius 2 is 1.70 bits per heavy atom. The SMILES string of the molecule is CN=C(NCc1ccc(F)cc1)NCc1ccccc1N1CCOCC1.I. The predicted molar refractivity (Wildman–Crippen MR) is 118 cm³/mol. The molecule has 0 bridgehead atoms. The highest BCUT2D eigenvalue weighted by Crippen LogP contribution is 2.21. The van der Waals surface area contributed by atoms with Crippen LogP contribution in [0.3, 0.4) is 0 Å². The molecule has 1 heterocycles. The van der Waals surface area contributed by atoms with Crippen molar-refractivity contribution in [2.24, 2.45) is 4.99 Å². The van der Waals surface area contributed by atoms with Crippen LogP contribution >= 0.6 is 24.0 Å². The number of halogens is 2. The number of para-hydroxylation sites is 1. The second kappa shape index (κ2) is 11.1. The third kappa shape index (κ3) is 6.35. The van der Waals surface area contributed by atoms with Crippen LogP contribution in [0, 0.1) is 5.82 Å². The monoisotopic (exact) mass is 484 g/mol. The molecular weight excluding hydrogens is 458 g/mol. The minimum atomic E-state index is -0.226. The fourth-order valence-electron chi connectivity index (χ4n) is 2.96. The summed E-state index contributed by atoms with van der Waals surface area (Å²) in [5, 5.41) is 6.61. The normalized spacial score (nSPS) is 14.4. The van der Waals surface area contributed by atoms with E-state index in [9.17, 15) is 4.39 Å². The lowest BCUT2D eigenvalue weighted by molar-refractivity contribution is 0.122. The van der Waals surface area contributed by atoms with Crippen LogP contribution < -0.4 is 15.5 Å². The number of hydrogen-bond acceptors (Lipinski definition) is 3. The van der Waals surface area contributed by atoms with Crippen molar-refractivity contribution in [2.45, 2.75) is 13.1 Å². The van der Waals surface area contributed by atoms with E-state index < -0.39 is 0 Å². The number of rotatable bonds is 5. The lowest BCUT2D eigenvalue weighted by atomic mass is 10.1. The molecule has 0 atom stereocenters. The van der Waals surface area contributed by atoms with E-state index >= 15 is 0 Å². The van der Waals surface area contributed by atoms with Gasteiger partial charge in [-0.3, -0.25) is 4.99 Å². The Balaban J connectivity index is 0.00000261. The summed E-state index contributed by atoms with van der Waals surface area (Å²) in [7, 11) is 1.74. The quantitative estimate of drug-likeness (QED) is 0.389. The van der Waals surface area contributed by atoms with E-state index in [1.807, 2.05) is 0 Å². The molecule has 0 spiro atoms. The van der Waals surface area contributed by atoms with E-state index in [1.165, 1.54) is 23.4 Å². The average molecular weight is 484 g/mol. The Bertz CT molecular complexity index is 733. The maximum atomic E-state index is 13.0. The fourth-order valence-corrected chi connectivity index (χ4v) is 2.96. The predicted octanol–water partition coefficient (Wildman–Crippen LogP) is 3.15. The van der Waals surface area contributed by atoms with Gasteiger partial charge in [0.2, 0.25) is 0 Å². The maximum absolute atomic E-state index is 13.0. The Morgan fingerprint density at radius 3 is 2.41 bits per heavy atom. The van der Waals surface area contributed by atoms with Gasteiger partial charge in [-0.25, -0.2) is 4.39 Å². The fraction of sp³-hybridized carbons (Fsp3) is 0.350. The van der Waals surface area contributed by atoms with E-state index in [-0.39, 0.29) is 29.8 Å². The highest BCUT2D eigenvalue weighted by atomic mass is 127. The van der Waals surface area contributed by atoms with Crippen LogP contribution in [0.2, 0.25) is 0 Å². The molecule has 1 aliphatic rings. The van der Waals surface area contributed by atoms with Gasteiger partial charge >= 0.3 is 0 Å². The second-order valence-corrected chi connectivity index (χ2v) is 6.13. The highest BCUT2D eigenvalue weighted by Gasteiger charge is 2.14. The molecule has 2 aromatic carbocycles. The number of nitrogens with one attached hydrogen (secondary N) is 2. The molecule has 5 nitrogen and oxygen atoms in total. The number of aliphatic imine (C=N–C) groups is 1. The Labute approximate surface area is 177 Å². The van der Waals surface area contributed by atoms with Gasteiger partial charge in [0.15, 0.2) is 5.96 Å². The van der Waals surface area contributed by atoms with Crippen LogP contribution in [0.4, 0.5) is 10.1 Å². The van der Waals surface area contributed by atoms with Crippen LogP contribution in [-0.4, -0.2) is 39.3 Å². The number of ether oxygens (including phenoxy) is 1. The molecule has 7 heteroatoms. The van der Waals surface area contributed by atoms with E-state index in [4.69, 9.17) is 4.74 Å². The van der Waals surface area contributed by atoms with Gasteiger partial charge in [0.25, 0.3) is 0 Å². The van der Waals surface area contributed by atoms with Gasteiger partial charge in [0.1, 0.15) is 5.82 Å². The summed E-state index contributed by atoms with van der Waals surface area (Å²) in [5.41, 5.74) is 3.46. The first kappa shape index (κ1) is 21.4. The minimum absolute atomic E-state index is 0. The van der Waals surface area contributed by atoms with Crippen molar-refractivity contribution in [1.82, 2.24) is 10.6 Å². The van der Waals surface area contributed by atoms with E-state index in [1.54, 1.807) is 19.2 Å². The van der Waals surface area contributed by atoms with E-state index in [0.717, 1.165) is 31.9 Å². The molecule has 0 unspecified atom stereocenters. The smallest absolute Gasteiger partial charge is 0.191 e. The van der Waals surface area contributed by atoms with Crippen molar-refractivity contribution in [1.29, 1.82) is 0 Å². The zero-order valence-corrected chi connectivity index (χ0v) is 17.8. The van der Waals surface area contributed by atoms with Gasteiger partial charge in [-0.1, -0.05) is 30.3 Å². The molecule has 2 aromatic rings. The van der Waals surface area contributed by atoms with Crippen molar-refractivity contribution < 1.29 is 9.13 Å². The van der Waals surface area contributed by atoms with Gasteiger partial charge in [0.05, 0.1) is 13.2 Å². The molecule has 0 radical (unpaired) electrons. The largest absolute Gasteiger partial charge is 0.378 e. The molecule has 0 saturated carbocycles. The topological polar surface area (TPSA) is 48.9 Å². The van der Waals surface area contributed by atoms with Gasteiger partial charge in [-0.2, -0.15) is 0 Å². The minimum Gasteiger partial charge on any atom is -0.378 e. The van der Waals surface area contributed by atoms with E-state index in [0.29, 0.717) is 19.0 Å². The molecule has 146 valence electrons. The molecule has 1 fully saturated rings. The third-order valence-corrected chi connectivity index (χ3v) is 4.39. The zero-order valence-electron chi connectivity index (χ0n) is 15.5. The summed E-state index contributed by atoms with van der Waals surface area (Å²) >= 11 is 0. The van der Waals surface area contributed by atoms with E-state index in [2.05, 4.69) is 44.8 Å². The molecule has 0 aliphatic carbocycles. The molecule has 0 aromatic heterocycles. The molecule has 1 saturated heterocycles. The van der Waals surface area contributed by atoms with Crippen molar-refractivity contribution in [3.63, 3.8) is 0 Å². The van der Waals surface area contributed by atoms with Gasteiger partial charge < -0.3 is 20.3 Å². The first-order chi connectivity index (χ1) is 12.8. The standard InChI is InChI=1S/C20H25FN4O.HI/c1-22-20(23-14-16-6-8-18(21)9-7-16)24-15-17-4-2-3-5-19(17)25-10-12-26-13-11-25;/h2-9H,10-15H2,1H3,(H2,22,23,24);1H. The summed E-state index contributed by atoms with van der Waals surface area (Å²) in [6.07, 6.45) is 0. The summed E-state index contributed by atoms with van der Waals surface area (Å²) in [4.78, 5) is 6.62. The summed E-state index contributed by atoms with van der Waals surface area (Å²) in [6.45, 7) is 4.62. The molecule has 27 heavy (non-hydrogen) atoms. The Morgan fingerprint density at radius 1 is 1.04 bits per heavy atom. The van der Waals surface area contributed by atoms with Gasteiger partial charge in [-0.15, -0.1) is 24.0 Å². The van der Waals surface area contributed by atoms with Crippen LogP contribution in [-0.2, 0) is 17.8 Å². The van der Waals surface area contributed by atoms with Crippen LogP contribution in [0.1, 0.15) is 11.1 Å². The lowest BCUT2D eigenvalue weighted by Crippen LogP contribution is -2.38. The zero-order chi connectivity index (χ0) is 18.2.